The molecule has 8 aliphatic rings. The highest BCUT2D eigenvalue weighted by Gasteiger charge is 2.78. The molecule has 2 aliphatic carbocycles. The zero-order chi connectivity index (χ0) is 59.3. The van der Waals surface area contributed by atoms with Crippen molar-refractivity contribution in [3.05, 3.63) is 129 Å². The van der Waals surface area contributed by atoms with Crippen LogP contribution >= 0.6 is 0 Å². The van der Waals surface area contributed by atoms with E-state index >= 15 is 9.59 Å². The number of hydrogen-bond donors (Lipinski definition) is 4. The molecule has 17 nitrogen and oxygen atoms in total. The highest BCUT2D eigenvalue weighted by Crippen LogP contribution is 2.69. The van der Waals surface area contributed by atoms with Crippen LogP contribution in [0.1, 0.15) is 151 Å². The third kappa shape index (κ3) is 9.83. The largest absolute Gasteiger partial charge is 0.482 e. The number of nitrogens with zero attached hydrogens (tertiary/aromatic N) is 1. The van der Waals surface area contributed by atoms with Gasteiger partial charge in [-0.1, -0.05) is 60.6 Å². The van der Waals surface area contributed by atoms with Crippen LogP contribution in [0.4, 0.5) is 0 Å². The van der Waals surface area contributed by atoms with Gasteiger partial charge in [-0.15, -0.1) is 0 Å². The molecule has 4 N–H and O–H groups in total. The lowest BCUT2D eigenvalue weighted by Gasteiger charge is -2.55. The van der Waals surface area contributed by atoms with Crippen molar-refractivity contribution in [2.75, 3.05) is 19.8 Å². The Hall–Kier alpha value is -6.57. The van der Waals surface area contributed by atoms with E-state index in [9.17, 15) is 24.9 Å². The lowest BCUT2D eigenvalue weighted by molar-refractivity contribution is -0.373. The number of rotatable bonds is 14. The van der Waals surface area contributed by atoms with Gasteiger partial charge in [0.25, 0.3) is 0 Å². The first-order chi connectivity index (χ1) is 39.3. The van der Waals surface area contributed by atoms with Gasteiger partial charge in [0.05, 0.1) is 52.8 Å². The summed E-state index contributed by atoms with van der Waals surface area (Å²) in [4.78, 5) is 64.9. The SMILES string of the molecule is CC(C)=CCCC1(C)C=Cc2c(c(CC=C(C)C)c3c(c2OC(=O)c2ccc(O[C@@H]4O[C@@H]5COC(C)(C)O[C@H]5[C@H](O)[C@H]4O)cc2)C2=C(C(C)C4C(=O)c5ccccc5C4=N2)C2(O3)[C@@H]3CCC(=O)C2(C/C=C(/C)C(=O)NCCO)OC3(C)C)O1. The molecule has 0 aromatic heterocycles. The number of aliphatic imine (C=N–C) groups is 1. The van der Waals surface area contributed by atoms with Crippen LogP contribution in [0.3, 0.4) is 0 Å². The van der Waals surface area contributed by atoms with E-state index in [2.05, 4.69) is 31.3 Å². The van der Waals surface area contributed by atoms with Crippen molar-refractivity contribution in [1.82, 2.24) is 5.32 Å². The van der Waals surface area contributed by atoms with Crippen molar-refractivity contribution in [2.45, 2.75) is 174 Å². The van der Waals surface area contributed by atoms with E-state index in [-0.39, 0.29) is 73.4 Å². The number of amides is 1. The Kier molecular flexibility index (Phi) is 15.1. The number of ketones is 2. The van der Waals surface area contributed by atoms with Crippen LogP contribution < -0.4 is 24.3 Å². The average Bonchev–Trinajstić information content (AvgIpc) is 1.65. The number of carbonyl (C=O) groups excluding carboxylic acids is 4. The minimum absolute atomic E-state index is 0.0330. The van der Waals surface area contributed by atoms with E-state index in [0.717, 1.165) is 11.1 Å². The summed E-state index contributed by atoms with van der Waals surface area (Å²) in [6.07, 6.45) is 6.15. The van der Waals surface area contributed by atoms with Gasteiger partial charge in [-0.3, -0.25) is 19.4 Å². The van der Waals surface area contributed by atoms with Gasteiger partial charge < -0.3 is 58.5 Å². The van der Waals surface area contributed by atoms with Crippen LogP contribution in [0.5, 0.6) is 23.0 Å². The Balaban J connectivity index is 1.11. The lowest BCUT2D eigenvalue weighted by Crippen LogP contribution is -2.68. The van der Waals surface area contributed by atoms with Crippen LogP contribution in [0.15, 0.2) is 100 Å². The molecular formula is C66H76N2O15. The number of aliphatic hydroxyl groups is 3. The van der Waals surface area contributed by atoms with Crippen molar-refractivity contribution in [1.29, 1.82) is 0 Å². The van der Waals surface area contributed by atoms with Crippen LogP contribution in [-0.2, 0) is 35.0 Å². The Morgan fingerprint density at radius 3 is 2.33 bits per heavy atom. The molecule has 11 atom stereocenters. The topological polar surface area (TPSA) is 227 Å². The second-order valence-corrected chi connectivity index (χ2v) is 25.0. The van der Waals surface area contributed by atoms with Gasteiger partial charge in [0, 0.05) is 53.1 Å². The highest BCUT2D eigenvalue weighted by atomic mass is 16.8. The Bertz CT molecular complexity index is 3370. The van der Waals surface area contributed by atoms with E-state index in [0.29, 0.717) is 75.4 Å². The van der Waals surface area contributed by atoms with Crippen LogP contribution in [0, 0.1) is 17.8 Å². The number of allylic oxidation sites excluding steroid dienone is 4. The lowest BCUT2D eigenvalue weighted by atomic mass is 9.55. The molecule has 5 unspecified atom stereocenters. The second-order valence-electron chi connectivity index (χ2n) is 25.0. The first-order valence-electron chi connectivity index (χ1n) is 29.0. The van der Waals surface area contributed by atoms with Crippen LogP contribution in [0.25, 0.3) is 11.8 Å². The summed E-state index contributed by atoms with van der Waals surface area (Å²) in [6, 6.07) is 13.5. The molecule has 1 amide bonds. The Morgan fingerprint density at radius 1 is 0.892 bits per heavy atom. The summed E-state index contributed by atoms with van der Waals surface area (Å²) in [5.41, 5.74) is 1.34. The number of benzene rings is 3. The molecule has 440 valence electrons. The zero-order valence-corrected chi connectivity index (χ0v) is 49.2. The smallest absolute Gasteiger partial charge is 0.343 e. The number of aliphatic hydroxyl groups excluding tert-OH is 3. The van der Waals surface area contributed by atoms with Crippen molar-refractivity contribution in [3.8, 4) is 23.0 Å². The first-order valence-corrected chi connectivity index (χ1v) is 29.0. The maximum absolute atomic E-state index is 15.6. The van der Waals surface area contributed by atoms with E-state index in [1.54, 1.807) is 32.9 Å². The number of nitrogens with one attached hydrogen (secondary N) is 1. The predicted molar refractivity (Wildman–Crippen MR) is 308 cm³/mol. The molecule has 17 heteroatoms. The van der Waals surface area contributed by atoms with Gasteiger partial charge in [0.2, 0.25) is 12.2 Å². The van der Waals surface area contributed by atoms with Gasteiger partial charge in [-0.2, -0.15) is 0 Å². The van der Waals surface area contributed by atoms with E-state index in [1.165, 1.54) is 24.3 Å². The third-order valence-corrected chi connectivity index (χ3v) is 17.8. The molecule has 6 heterocycles. The molecule has 0 radical (unpaired) electrons. The number of Topliss-reactive ketones (excluding diaryl/α,β-unsaturated/α-hetero) is 2. The van der Waals surface area contributed by atoms with Crippen molar-refractivity contribution >= 4 is 40.9 Å². The predicted octanol–water partition coefficient (Wildman–Crippen LogP) is 9.07. The number of ether oxygens (including phenoxy) is 8. The van der Waals surface area contributed by atoms with Crippen molar-refractivity contribution < 1.29 is 72.4 Å². The molecule has 83 heavy (non-hydrogen) atoms. The maximum atomic E-state index is 15.6. The second kappa shape index (κ2) is 21.5. The number of hydrogen-bond acceptors (Lipinski definition) is 16. The molecule has 11 rings (SSSR count). The Labute approximate surface area is 484 Å². The molecule has 4 fully saturated rings. The molecule has 3 aromatic carbocycles. The van der Waals surface area contributed by atoms with Crippen molar-refractivity contribution in [2.24, 2.45) is 22.7 Å². The van der Waals surface area contributed by atoms with Crippen molar-refractivity contribution in [3.63, 3.8) is 0 Å². The average molecular weight is 1140 g/mol. The van der Waals surface area contributed by atoms with Crippen LogP contribution in [-0.4, -0.2) is 123 Å². The zero-order valence-electron chi connectivity index (χ0n) is 49.2. The summed E-state index contributed by atoms with van der Waals surface area (Å²) in [5, 5.41) is 34.6. The minimum Gasteiger partial charge on any atom is -0.482 e. The molecule has 1 saturated carbocycles. The van der Waals surface area contributed by atoms with Gasteiger partial charge >= 0.3 is 5.97 Å². The molecule has 1 spiro atoms. The van der Waals surface area contributed by atoms with E-state index in [1.807, 2.05) is 71.9 Å². The fraction of sp³-hybridized carbons (Fsp3) is 0.500. The monoisotopic (exact) mass is 1140 g/mol. The molecule has 3 aromatic rings. The number of fused-ring (bicyclic) bond motifs is 7. The van der Waals surface area contributed by atoms with Gasteiger partial charge in [0.1, 0.15) is 47.3 Å². The molecule has 6 aliphatic heterocycles. The molecule has 2 bridgehead atoms. The van der Waals surface area contributed by atoms with Gasteiger partial charge in [-0.25, -0.2) is 4.79 Å². The standard InChI is InChI=1S/C66H76N2O15/c1-34(2)15-14-28-64(11)29-27-43-55(81-64)42(23-18-35(3)4)57-48(56(43)79-60(75)38-19-21-39(22-20-38)77-61-54(73)53(72)58-44(78-61)33-76-63(9,10)80-58)51-49(37(6)47-50(68-51)40-16-12-13-17-41(40)52(47)71)66(82-57)45-24-25-46(70)65(66,83-62(45,7)8)30-26-36(5)59(74)67-31-32-69/h12-13,15-22,26-27,29,37,44-45,47,53-54,58,61,69,72-73H,14,23-25,28,30-33H2,1-11H3,(H,67,74)/b36-26-/t37?,44-,45-,47?,53-,54-,58-,61-,64?,65?,66?/m1/s1. The van der Waals surface area contributed by atoms with E-state index in [4.69, 9.17) is 42.9 Å². The minimum atomic E-state index is -1.79. The molecular weight excluding hydrogens is 1060 g/mol. The van der Waals surface area contributed by atoms with E-state index < -0.39 is 88.5 Å². The summed E-state index contributed by atoms with van der Waals surface area (Å²) < 4.78 is 53.3. The summed E-state index contributed by atoms with van der Waals surface area (Å²) in [5.74, 6) is -3.51. The maximum Gasteiger partial charge on any atom is 0.343 e. The summed E-state index contributed by atoms with van der Waals surface area (Å²) in [6.45, 7) is 21.0. The Morgan fingerprint density at radius 2 is 1.61 bits per heavy atom. The fourth-order valence-corrected chi connectivity index (χ4v) is 13.8. The number of esters is 1. The van der Waals surface area contributed by atoms with Gasteiger partial charge in [-0.05, 0) is 137 Å². The first kappa shape index (κ1) is 58.2. The number of carbonyl (C=O) groups is 4. The van der Waals surface area contributed by atoms with Gasteiger partial charge in [0.15, 0.2) is 34.3 Å². The van der Waals surface area contributed by atoms with Crippen LogP contribution in [0.2, 0.25) is 0 Å². The fourth-order valence-electron chi connectivity index (χ4n) is 13.8. The summed E-state index contributed by atoms with van der Waals surface area (Å²) in [7, 11) is 0. The third-order valence-electron chi connectivity index (χ3n) is 17.8. The normalized spacial score (nSPS) is 31.2. The quantitative estimate of drug-likeness (QED) is 0.0511. The summed E-state index contributed by atoms with van der Waals surface area (Å²) >= 11 is 0. The molecule has 3 saturated heterocycles. The highest BCUT2D eigenvalue weighted by molar-refractivity contribution is 6.30.